The number of benzene rings is 2. The Balaban J connectivity index is 2.28. The van der Waals surface area contributed by atoms with E-state index in [-0.39, 0.29) is 5.91 Å². The van der Waals surface area contributed by atoms with Gasteiger partial charge in [-0.3, -0.25) is 4.79 Å². The maximum atomic E-state index is 12.2. The van der Waals surface area contributed by atoms with Crippen LogP contribution in [0.4, 0.5) is 5.69 Å². The second kappa shape index (κ2) is 6.24. The number of amides is 1. The van der Waals surface area contributed by atoms with Crippen molar-refractivity contribution in [1.82, 2.24) is 0 Å². The Morgan fingerprint density at radius 3 is 2.68 bits per heavy atom. The fourth-order valence-electron chi connectivity index (χ4n) is 1.68. The summed E-state index contributed by atoms with van der Waals surface area (Å²) in [5, 5.41) is 3.43. The molecule has 0 aliphatic carbocycles. The minimum absolute atomic E-state index is 0.163. The lowest BCUT2D eigenvalue weighted by Crippen LogP contribution is -2.13. The smallest absolute Gasteiger partial charge is 0.256 e. The van der Waals surface area contributed by atoms with Gasteiger partial charge in [-0.2, -0.15) is 0 Å². The summed E-state index contributed by atoms with van der Waals surface area (Å²) in [4.78, 5) is 12.2. The number of carbonyl (C=O) groups is 1. The summed E-state index contributed by atoms with van der Waals surface area (Å²) < 4.78 is 1.80. The summed E-state index contributed by atoms with van der Waals surface area (Å²) in [5.41, 5.74) is 2.41. The molecule has 0 spiro atoms. The average molecular weight is 451 g/mol. The van der Waals surface area contributed by atoms with Crippen LogP contribution < -0.4 is 5.32 Å². The largest absolute Gasteiger partial charge is 0.322 e. The molecule has 2 aromatic carbocycles. The third kappa shape index (κ3) is 3.94. The van der Waals surface area contributed by atoms with Gasteiger partial charge in [-0.25, -0.2) is 0 Å². The molecule has 0 heterocycles. The zero-order chi connectivity index (χ0) is 14.0. The van der Waals surface area contributed by atoms with E-state index in [9.17, 15) is 4.79 Å². The molecule has 0 aliphatic rings. The van der Waals surface area contributed by atoms with Crippen molar-refractivity contribution in [1.29, 1.82) is 0 Å². The van der Waals surface area contributed by atoms with E-state index in [1.807, 2.05) is 31.2 Å². The molecule has 19 heavy (non-hydrogen) atoms. The first kappa shape index (κ1) is 14.8. The molecule has 0 unspecified atom stereocenters. The molecular weight excluding hydrogens is 440 g/mol. The van der Waals surface area contributed by atoms with E-state index in [4.69, 9.17) is 11.6 Å². The molecule has 0 saturated carbocycles. The third-order valence-electron chi connectivity index (χ3n) is 2.47. The first-order valence-electron chi connectivity index (χ1n) is 5.49. The lowest BCUT2D eigenvalue weighted by atomic mass is 10.2. The van der Waals surface area contributed by atoms with Gasteiger partial charge in [0.15, 0.2) is 0 Å². The Morgan fingerprint density at radius 1 is 1.26 bits per heavy atom. The Morgan fingerprint density at radius 2 is 2.00 bits per heavy atom. The topological polar surface area (TPSA) is 29.1 Å². The number of halogens is 3. The predicted octanol–water partition coefficient (Wildman–Crippen LogP) is 5.27. The summed E-state index contributed by atoms with van der Waals surface area (Å²) in [5.74, 6) is -0.163. The fourth-order valence-corrected chi connectivity index (χ4v) is 3.04. The van der Waals surface area contributed by atoms with Gasteiger partial charge in [0.1, 0.15) is 0 Å². The molecule has 0 bridgehead atoms. The van der Waals surface area contributed by atoms with E-state index in [1.54, 1.807) is 12.1 Å². The van der Waals surface area contributed by atoms with Crippen molar-refractivity contribution >= 4 is 61.7 Å². The number of rotatable bonds is 2. The lowest BCUT2D eigenvalue weighted by molar-refractivity contribution is 0.102. The van der Waals surface area contributed by atoms with E-state index in [1.165, 1.54) is 0 Å². The van der Waals surface area contributed by atoms with Crippen LogP contribution >= 0.6 is 50.1 Å². The molecule has 0 aliphatic heterocycles. The second-order valence-electron chi connectivity index (χ2n) is 4.10. The van der Waals surface area contributed by atoms with Gasteiger partial charge in [-0.15, -0.1) is 0 Å². The van der Waals surface area contributed by atoms with Crippen LogP contribution in [0.5, 0.6) is 0 Å². The van der Waals surface area contributed by atoms with Crippen molar-refractivity contribution in [2.45, 2.75) is 6.92 Å². The molecule has 0 atom stereocenters. The van der Waals surface area contributed by atoms with Crippen molar-refractivity contribution in [3.63, 3.8) is 0 Å². The van der Waals surface area contributed by atoms with Gasteiger partial charge >= 0.3 is 0 Å². The molecule has 2 aromatic rings. The molecule has 1 amide bonds. The highest BCUT2D eigenvalue weighted by Gasteiger charge is 2.11. The minimum Gasteiger partial charge on any atom is -0.322 e. The van der Waals surface area contributed by atoms with Crippen LogP contribution in [0.1, 0.15) is 15.9 Å². The Hall–Kier alpha value is -0.590. The van der Waals surface area contributed by atoms with E-state index >= 15 is 0 Å². The summed E-state index contributed by atoms with van der Waals surface area (Å²) in [6.45, 7) is 1.98. The Labute approximate surface area is 138 Å². The fraction of sp³-hybridized carbons (Fsp3) is 0.0714. The van der Waals surface area contributed by atoms with Crippen LogP contribution in [0.15, 0.2) is 40.9 Å². The molecule has 5 heteroatoms. The van der Waals surface area contributed by atoms with Crippen molar-refractivity contribution in [3.05, 3.63) is 60.6 Å². The quantitative estimate of drug-likeness (QED) is 0.621. The SMILES string of the molecule is Cc1cc(Br)cc(NC(=O)c2cc(Cl)ccc2I)c1. The van der Waals surface area contributed by atoms with E-state index in [0.29, 0.717) is 10.6 Å². The first-order chi connectivity index (χ1) is 8.95. The molecule has 2 nitrogen and oxygen atoms in total. The highest BCUT2D eigenvalue weighted by Crippen LogP contribution is 2.22. The summed E-state index contributed by atoms with van der Waals surface area (Å²) >= 11 is 11.5. The monoisotopic (exact) mass is 449 g/mol. The van der Waals surface area contributed by atoms with Gasteiger partial charge in [-0.05, 0) is 71.5 Å². The van der Waals surface area contributed by atoms with E-state index in [0.717, 1.165) is 19.3 Å². The maximum absolute atomic E-state index is 12.2. The molecule has 0 saturated heterocycles. The van der Waals surface area contributed by atoms with Crippen LogP contribution in [0, 0.1) is 10.5 Å². The van der Waals surface area contributed by atoms with Gasteiger partial charge in [0, 0.05) is 18.8 Å². The second-order valence-corrected chi connectivity index (χ2v) is 6.61. The number of aryl methyl sites for hydroxylation is 1. The lowest BCUT2D eigenvalue weighted by Gasteiger charge is -2.08. The maximum Gasteiger partial charge on any atom is 0.256 e. The van der Waals surface area contributed by atoms with E-state index in [2.05, 4.69) is 43.8 Å². The van der Waals surface area contributed by atoms with Gasteiger partial charge in [-0.1, -0.05) is 27.5 Å². The molecule has 0 aromatic heterocycles. The van der Waals surface area contributed by atoms with Gasteiger partial charge < -0.3 is 5.32 Å². The normalized spacial score (nSPS) is 10.3. The zero-order valence-corrected chi connectivity index (χ0v) is 14.5. The van der Waals surface area contributed by atoms with Crippen LogP contribution in [0.25, 0.3) is 0 Å². The van der Waals surface area contributed by atoms with Crippen molar-refractivity contribution in [3.8, 4) is 0 Å². The number of hydrogen-bond donors (Lipinski definition) is 1. The molecule has 0 fully saturated rings. The van der Waals surface area contributed by atoms with Crippen molar-refractivity contribution in [2.24, 2.45) is 0 Å². The Bertz CT molecular complexity index is 625. The van der Waals surface area contributed by atoms with Gasteiger partial charge in [0.2, 0.25) is 0 Å². The van der Waals surface area contributed by atoms with Crippen LogP contribution in [0.2, 0.25) is 5.02 Å². The summed E-state index contributed by atoms with van der Waals surface area (Å²) in [6.07, 6.45) is 0. The van der Waals surface area contributed by atoms with Crippen LogP contribution in [-0.4, -0.2) is 5.91 Å². The number of anilines is 1. The molecular formula is C14H10BrClINO. The minimum atomic E-state index is -0.163. The summed E-state index contributed by atoms with van der Waals surface area (Å²) in [7, 11) is 0. The molecule has 2 rings (SSSR count). The average Bonchev–Trinajstić information content (AvgIpc) is 2.30. The number of hydrogen-bond acceptors (Lipinski definition) is 1. The molecule has 0 radical (unpaired) electrons. The first-order valence-corrected chi connectivity index (χ1v) is 7.74. The van der Waals surface area contributed by atoms with Crippen LogP contribution in [-0.2, 0) is 0 Å². The molecule has 98 valence electrons. The Kier molecular flexibility index (Phi) is 4.86. The van der Waals surface area contributed by atoms with E-state index < -0.39 is 0 Å². The molecule has 1 N–H and O–H groups in total. The van der Waals surface area contributed by atoms with Gasteiger partial charge in [0.25, 0.3) is 5.91 Å². The predicted molar refractivity (Wildman–Crippen MR) is 91.0 cm³/mol. The standard InChI is InChI=1S/C14H10BrClINO/c1-8-4-9(15)6-11(5-8)18-14(19)12-7-10(16)2-3-13(12)17/h2-7H,1H3,(H,18,19). The highest BCUT2D eigenvalue weighted by atomic mass is 127. The van der Waals surface area contributed by atoms with Gasteiger partial charge in [0.05, 0.1) is 5.56 Å². The number of nitrogens with one attached hydrogen (secondary N) is 1. The zero-order valence-electron chi connectivity index (χ0n) is 10.0. The van der Waals surface area contributed by atoms with Crippen LogP contribution in [0.3, 0.4) is 0 Å². The van der Waals surface area contributed by atoms with Crippen molar-refractivity contribution < 1.29 is 4.79 Å². The highest BCUT2D eigenvalue weighted by molar-refractivity contribution is 14.1. The van der Waals surface area contributed by atoms with Crippen molar-refractivity contribution in [2.75, 3.05) is 5.32 Å². The number of carbonyl (C=O) groups excluding carboxylic acids is 1. The summed E-state index contributed by atoms with van der Waals surface area (Å²) in [6, 6.07) is 11.0. The third-order valence-corrected chi connectivity index (χ3v) is 4.11.